The zero-order valence-electron chi connectivity index (χ0n) is 10.4. The number of hydrogen-bond donors (Lipinski definition) is 1. The van der Waals surface area contributed by atoms with Gasteiger partial charge >= 0.3 is 0 Å². The summed E-state index contributed by atoms with van der Waals surface area (Å²) in [5.41, 5.74) is -0.559. The Morgan fingerprint density at radius 2 is 2.32 bits per heavy atom. The zero-order valence-corrected chi connectivity index (χ0v) is 10.4. The molecule has 1 atom stereocenters. The summed E-state index contributed by atoms with van der Waals surface area (Å²) in [6.45, 7) is 3.53. The van der Waals surface area contributed by atoms with E-state index in [1.54, 1.807) is 4.90 Å². The molecule has 1 fully saturated rings. The summed E-state index contributed by atoms with van der Waals surface area (Å²) < 4.78 is 13.0. The molecule has 1 aromatic rings. The summed E-state index contributed by atoms with van der Waals surface area (Å²) in [6.07, 6.45) is 0. The Bertz CT molecular complexity index is 521. The van der Waals surface area contributed by atoms with E-state index >= 15 is 0 Å². The van der Waals surface area contributed by atoms with Crippen molar-refractivity contribution in [1.29, 1.82) is 0 Å². The predicted octanol–water partition coefficient (Wildman–Crippen LogP) is 1.17. The number of carbonyl (C=O) groups excluding carboxylic acids is 1. The number of nitro benzene ring substituents is 1. The Morgan fingerprint density at radius 1 is 1.58 bits per heavy atom. The average molecular weight is 267 g/mol. The molecule has 0 spiro atoms. The van der Waals surface area contributed by atoms with E-state index < -0.39 is 22.3 Å². The van der Waals surface area contributed by atoms with E-state index in [1.807, 2.05) is 6.92 Å². The lowest BCUT2D eigenvalue weighted by Gasteiger charge is -2.31. The van der Waals surface area contributed by atoms with Gasteiger partial charge in [0.05, 0.1) is 11.0 Å². The van der Waals surface area contributed by atoms with E-state index in [0.29, 0.717) is 19.6 Å². The van der Waals surface area contributed by atoms with E-state index in [1.165, 1.54) is 6.07 Å². The lowest BCUT2D eigenvalue weighted by atomic mass is 10.1. The third-order valence-corrected chi connectivity index (χ3v) is 3.04. The molecule has 0 bridgehead atoms. The fourth-order valence-corrected chi connectivity index (χ4v) is 2.12. The molecule has 102 valence electrons. The van der Waals surface area contributed by atoms with Gasteiger partial charge in [0.2, 0.25) is 0 Å². The molecule has 0 radical (unpaired) electrons. The van der Waals surface area contributed by atoms with Crippen molar-refractivity contribution < 1.29 is 14.1 Å². The van der Waals surface area contributed by atoms with Gasteiger partial charge in [0.1, 0.15) is 11.4 Å². The predicted molar refractivity (Wildman–Crippen MR) is 66.4 cm³/mol. The molecule has 1 amide bonds. The largest absolute Gasteiger partial charge is 0.336 e. The van der Waals surface area contributed by atoms with Crippen LogP contribution in [-0.2, 0) is 0 Å². The van der Waals surface area contributed by atoms with Crippen molar-refractivity contribution in [2.45, 2.75) is 13.0 Å². The molecule has 7 heteroatoms. The van der Waals surface area contributed by atoms with Crippen LogP contribution >= 0.6 is 0 Å². The maximum atomic E-state index is 13.0. The standard InChI is InChI=1S/C12H14FN3O3/c1-8-7-15(5-4-14-8)12(17)10-3-2-9(13)6-11(10)16(18)19/h2-3,6,8,14H,4-5,7H2,1H3/t8-/m0/s1. The second kappa shape index (κ2) is 5.31. The third-order valence-electron chi connectivity index (χ3n) is 3.04. The van der Waals surface area contributed by atoms with Crippen molar-refractivity contribution in [3.8, 4) is 0 Å². The number of nitrogens with zero attached hydrogens (tertiary/aromatic N) is 2. The highest BCUT2D eigenvalue weighted by atomic mass is 19.1. The molecule has 1 heterocycles. The first-order valence-corrected chi connectivity index (χ1v) is 5.95. The molecule has 2 rings (SSSR count). The SMILES string of the molecule is C[C@H]1CN(C(=O)c2ccc(F)cc2[N+](=O)[O-])CCN1. The van der Waals surface area contributed by atoms with Crippen LogP contribution in [0.15, 0.2) is 18.2 Å². The number of benzene rings is 1. The lowest BCUT2D eigenvalue weighted by Crippen LogP contribution is -2.51. The molecule has 0 aliphatic carbocycles. The average Bonchev–Trinajstić information content (AvgIpc) is 2.37. The highest BCUT2D eigenvalue weighted by Crippen LogP contribution is 2.22. The van der Waals surface area contributed by atoms with Gasteiger partial charge in [0, 0.05) is 25.7 Å². The Hall–Kier alpha value is -2.02. The van der Waals surface area contributed by atoms with Gasteiger partial charge in [-0.3, -0.25) is 14.9 Å². The normalized spacial score (nSPS) is 19.3. The quantitative estimate of drug-likeness (QED) is 0.644. The Labute approximate surface area is 109 Å². The van der Waals surface area contributed by atoms with Gasteiger partial charge in [-0.15, -0.1) is 0 Å². The van der Waals surface area contributed by atoms with Crippen LogP contribution < -0.4 is 5.32 Å². The van der Waals surface area contributed by atoms with Crippen LogP contribution in [0.4, 0.5) is 10.1 Å². The number of rotatable bonds is 2. The van der Waals surface area contributed by atoms with Gasteiger partial charge in [-0.25, -0.2) is 4.39 Å². The monoisotopic (exact) mass is 267 g/mol. The fourth-order valence-electron chi connectivity index (χ4n) is 2.12. The molecule has 1 aliphatic rings. The van der Waals surface area contributed by atoms with Gasteiger partial charge in [-0.2, -0.15) is 0 Å². The van der Waals surface area contributed by atoms with Gasteiger partial charge in [-0.1, -0.05) is 0 Å². The van der Waals surface area contributed by atoms with E-state index in [0.717, 1.165) is 12.1 Å². The second-order valence-corrected chi connectivity index (χ2v) is 4.52. The first-order chi connectivity index (χ1) is 8.99. The first kappa shape index (κ1) is 13.4. The molecule has 0 aromatic heterocycles. The van der Waals surface area contributed by atoms with Crippen LogP contribution in [0.3, 0.4) is 0 Å². The third kappa shape index (κ3) is 2.87. The summed E-state index contributed by atoms with van der Waals surface area (Å²) in [4.78, 5) is 23.9. The van der Waals surface area contributed by atoms with E-state index in [-0.39, 0.29) is 11.6 Å². The summed E-state index contributed by atoms with van der Waals surface area (Å²) in [5.74, 6) is -1.16. The number of nitrogens with one attached hydrogen (secondary N) is 1. The number of carbonyl (C=O) groups is 1. The minimum atomic E-state index is -0.734. The molecular formula is C12H14FN3O3. The van der Waals surface area contributed by atoms with E-state index in [4.69, 9.17) is 0 Å². The number of amides is 1. The first-order valence-electron chi connectivity index (χ1n) is 5.95. The number of piperazine rings is 1. The van der Waals surface area contributed by atoms with Gasteiger partial charge in [0.25, 0.3) is 11.6 Å². The summed E-state index contributed by atoms with van der Waals surface area (Å²) in [7, 11) is 0. The molecule has 1 aromatic carbocycles. The number of nitro groups is 1. The minimum absolute atomic E-state index is 0.0690. The molecule has 1 N–H and O–H groups in total. The zero-order chi connectivity index (χ0) is 14.0. The molecule has 19 heavy (non-hydrogen) atoms. The Kier molecular flexibility index (Phi) is 3.75. The topological polar surface area (TPSA) is 75.5 Å². The van der Waals surface area contributed by atoms with E-state index in [9.17, 15) is 19.3 Å². The molecule has 0 unspecified atom stereocenters. The maximum Gasteiger partial charge on any atom is 0.285 e. The minimum Gasteiger partial charge on any atom is -0.336 e. The van der Waals surface area contributed by atoms with Gasteiger partial charge in [0.15, 0.2) is 0 Å². The molecule has 6 nitrogen and oxygen atoms in total. The highest BCUT2D eigenvalue weighted by molar-refractivity contribution is 5.98. The summed E-state index contributed by atoms with van der Waals surface area (Å²) >= 11 is 0. The van der Waals surface area contributed by atoms with Crippen molar-refractivity contribution in [1.82, 2.24) is 10.2 Å². The van der Waals surface area contributed by atoms with Crippen molar-refractivity contribution in [2.75, 3.05) is 19.6 Å². The molecule has 0 saturated carbocycles. The van der Waals surface area contributed by atoms with Crippen molar-refractivity contribution in [3.05, 3.63) is 39.7 Å². The number of hydrogen-bond acceptors (Lipinski definition) is 4. The smallest absolute Gasteiger partial charge is 0.285 e. The van der Waals surface area contributed by atoms with Crippen molar-refractivity contribution in [3.63, 3.8) is 0 Å². The highest BCUT2D eigenvalue weighted by Gasteiger charge is 2.27. The Morgan fingerprint density at radius 3 is 2.95 bits per heavy atom. The van der Waals surface area contributed by atoms with Crippen LogP contribution in [0.1, 0.15) is 17.3 Å². The molecular weight excluding hydrogens is 253 g/mol. The number of halogens is 1. The van der Waals surface area contributed by atoms with Crippen molar-refractivity contribution >= 4 is 11.6 Å². The van der Waals surface area contributed by atoms with Crippen LogP contribution in [0.25, 0.3) is 0 Å². The fraction of sp³-hybridized carbons (Fsp3) is 0.417. The lowest BCUT2D eigenvalue weighted by molar-refractivity contribution is -0.385. The summed E-state index contributed by atoms with van der Waals surface area (Å²) in [5, 5.41) is 14.1. The van der Waals surface area contributed by atoms with Crippen molar-refractivity contribution in [2.24, 2.45) is 0 Å². The van der Waals surface area contributed by atoms with Crippen LogP contribution in [0.2, 0.25) is 0 Å². The van der Waals surface area contributed by atoms with E-state index in [2.05, 4.69) is 5.32 Å². The Balaban J connectivity index is 2.30. The summed E-state index contributed by atoms with van der Waals surface area (Å²) in [6, 6.07) is 3.14. The molecule has 1 aliphatic heterocycles. The second-order valence-electron chi connectivity index (χ2n) is 4.52. The van der Waals surface area contributed by atoms with Gasteiger partial charge < -0.3 is 10.2 Å². The van der Waals surface area contributed by atoms with Crippen LogP contribution in [-0.4, -0.2) is 41.4 Å². The molecule has 1 saturated heterocycles. The van der Waals surface area contributed by atoms with Crippen LogP contribution in [0.5, 0.6) is 0 Å². The maximum absolute atomic E-state index is 13.0. The van der Waals surface area contributed by atoms with Crippen LogP contribution in [0, 0.1) is 15.9 Å². The van der Waals surface area contributed by atoms with Gasteiger partial charge in [-0.05, 0) is 19.1 Å².